The van der Waals surface area contributed by atoms with E-state index in [1.807, 2.05) is 26.8 Å². The fourth-order valence-electron chi connectivity index (χ4n) is 3.09. The minimum absolute atomic E-state index is 0.0573. The fraction of sp³-hybridized carbons (Fsp3) is 0.200. The van der Waals surface area contributed by atoms with Crippen LogP contribution < -0.4 is 15.2 Å². The maximum absolute atomic E-state index is 13.1. The summed E-state index contributed by atoms with van der Waals surface area (Å²) < 4.78 is 29.3. The van der Waals surface area contributed by atoms with Gasteiger partial charge in [0, 0.05) is 11.3 Å². The van der Waals surface area contributed by atoms with Crippen molar-refractivity contribution in [3.05, 3.63) is 83.4 Å². The average molecular weight is 467 g/mol. The number of carbonyl (C=O) groups is 2. The van der Waals surface area contributed by atoms with Gasteiger partial charge in [-0.15, -0.1) is 0 Å². The highest BCUT2D eigenvalue weighted by atomic mass is 32.2. The monoisotopic (exact) mass is 466 g/mol. The van der Waals surface area contributed by atoms with Gasteiger partial charge in [0.2, 0.25) is 10.0 Å². The molecule has 0 fully saturated rings. The minimum atomic E-state index is -3.91. The molecule has 172 valence electrons. The Hall–Kier alpha value is -3.49. The predicted molar refractivity (Wildman–Crippen MR) is 127 cm³/mol. The topological polar surface area (TPSA) is 116 Å². The summed E-state index contributed by atoms with van der Waals surface area (Å²) in [5.41, 5.74) is 1.88. The van der Waals surface area contributed by atoms with E-state index in [1.165, 1.54) is 25.1 Å². The lowest BCUT2D eigenvalue weighted by molar-refractivity contribution is 0.101. The normalized spacial score (nSPS) is 11.7. The van der Waals surface area contributed by atoms with Crippen LogP contribution in [0.2, 0.25) is 0 Å². The third kappa shape index (κ3) is 6.06. The van der Waals surface area contributed by atoms with E-state index in [4.69, 9.17) is 9.88 Å². The Balaban J connectivity index is 1.97. The number of rotatable bonds is 6. The highest BCUT2D eigenvalue weighted by Gasteiger charge is 2.20. The van der Waals surface area contributed by atoms with Gasteiger partial charge in [-0.1, -0.05) is 32.9 Å². The van der Waals surface area contributed by atoms with Crippen molar-refractivity contribution >= 4 is 27.4 Å². The third-order valence-corrected chi connectivity index (χ3v) is 5.91. The molecule has 0 aromatic heterocycles. The summed E-state index contributed by atoms with van der Waals surface area (Å²) in [5.74, 6) is 0.268. The van der Waals surface area contributed by atoms with Crippen LogP contribution in [-0.2, 0) is 15.4 Å². The van der Waals surface area contributed by atoms with Crippen LogP contribution in [0.5, 0.6) is 11.5 Å². The lowest BCUT2D eigenvalue weighted by atomic mass is 9.86. The Labute approximate surface area is 193 Å². The Morgan fingerprint density at radius 2 is 1.61 bits per heavy atom. The van der Waals surface area contributed by atoms with E-state index in [9.17, 15) is 18.0 Å². The quantitative estimate of drug-likeness (QED) is 0.503. The lowest BCUT2D eigenvalue weighted by Crippen LogP contribution is -2.16. The molecular weight excluding hydrogens is 440 g/mol. The van der Waals surface area contributed by atoms with E-state index >= 15 is 0 Å². The fourth-order valence-corrected chi connectivity index (χ4v) is 3.65. The summed E-state index contributed by atoms with van der Waals surface area (Å²) in [6, 6.07) is 17.7. The zero-order valence-corrected chi connectivity index (χ0v) is 19.7. The molecule has 0 saturated heterocycles. The molecule has 0 saturated carbocycles. The number of sulfonamides is 1. The van der Waals surface area contributed by atoms with Gasteiger partial charge in [0.05, 0.1) is 10.5 Å². The number of nitrogens with two attached hydrogens (primary N) is 1. The van der Waals surface area contributed by atoms with E-state index in [0.717, 1.165) is 5.56 Å². The first kappa shape index (κ1) is 24.2. The summed E-state index contributed by atoms with van der Waals surface area (Å²) in [6.07, 6.45) is 0. The first-order valence-electron chi connectivity index (χ1n) is 10.2. The van der Waals surface area contributed by atoms with Crippen molar-refractivity contribution in [3.8, 4) is 11.5 Å². The van der Waals surface area contributed by atoms with Crippen molar-refractivity contribution in [1.82, 2.24) is 0 Å². The summed E-state index contributed by atoms with van der Waals surface area (Å²) in [7, 11) is -3.91. The Morgan fingerprint density at radius 3 is 2.18 bits per heavy atom. The van der Waals surface area contributed by atoms with Crippen molar-refractivity contribution in [2.24, 2.45) is 5.14 Å². The van der Waals surface area contributed by atoms with Crippen LogP contribution in [-0.4, -0.2) is 20.1 Å². The Morgan fingerprint density at radius 1 is 0.939 bits per heavy atom. The van der Waals surface area contributed by atoms with Gasteiger partial charge in [-0.05, 0) is 72.5 Å². The molecule has 0 bridgehead atoms. The number of hydrogen-bond acceptors (Lipinski definition) is 5. The molecule has 0 radical (unpaired) electrons. The number of primary sulfonamides is 1. The van der Waals surface area contributed by atoms with Crippen LogP contribution in [0.1, 0.15) is 54.0 Å². The molecule has 0 spiro atoms. The van der Waals surface area contributed by atoms with Gasteiger partial charge in [0.25, 0.3) is 5.91 Å². The second-order valence-corrected chi connectivity index (χ2v) is 10.2. The molecule has 0 aliphatic heterocycles. The molecule has 0 atom stereocenters. The van der Waals surface area contributed by atoms with Gasteiger partial charge >= 0.3 is 0 Å². The molecule has 1 amide bonds. The average Bonchev–Trinajstić information content (AvgIpc) is 2.73. The van der Waals surface area contributed by atoms with E-state index < -0.39 is 15.9 Å². The molecule has 3 N–H and O–H groups in total. The second-order valence-electron chi connectivity index (χ2n) is 8.67. The van der Waals surface area contributed by atoms with Crippen molar-refractivity contribution in [3.63, 3.8) is 0 Å². The summed E-state index contributed by atoms with van der Waals surface area (Å²) in [5, 5.41) is 7.88. The van der Waals surface area contributed by atoms with Gasteiger partial charge in [-0.25, -0.2) is 13.6 Å². The highest BCUT2D eigenvalue weighted by Crippen LogP contribution is 2.32. The highest BCUT2D eigenvalue weighted by molar-refractivity contribution is 7.89. The SMILES string of the molecule is CC(=O)c1ccc(Oc2cc(C(C)(C)C)ccc2C(=O)Nc2cccc(S(N)(=O)=O)c2)cc1. The van der Waals surface area contributed by atoms with Gasteiger partial charge < -0.3 is 10.1 Å². The van der Waals surface area contributed by atoms with E-state index in [2.05, 4.69) is 5.32 Å². The molecule has 3 aromatic carbocycles. The number of ether oxygens (including phenoxy) is 1. The van der Waals surface area contributed by atoms with Crippen molar-refractivity contribution in [1.29, 1.82) is 0 Å². The van der Waals surface area contributed by atoms with Crippen LogP contribution >= 0.6 is 0 Å². The van der Waals surface area contributed by atoms with Crippen LogP contribution in [0.15, 0.2) is 71.6 Å². The van der Waals surface area contributed by atoms with Gasteiger partial charge in [-0.3, -0.25) is 9.59 Å². The molecular formula is C25H26N2O5S. The molecule has 0 unspecified atom stereocenters. The number of nitrogens with one attached hydrogen (secondary N) is 1. The smallest absolute Gasteiger partial charge is 0.259 e. The Kier molecular flexibility index (Phi) is 6.71. The first-order chi connectivity index (χ1) is 15.3. The number of anilines is 1. The van der Waals surface area contributed by atoms with E-state index in [0.29, 0.717) is 17.1 Å². The number of carbonyl (C=O) groups excluding carboxylic acids is 2. The zero-order chi connectivity index (χ0) is 24.4. The maximum atomic E-state index is 13.1. The Bertz CT molecular complexity index is 1310. The second kappa shape index (κ2) is 9.17. The van der Waals surface area contributed by atoms with Gasteiger partial charge in [-0.2, -0.15) is 0 Å². The van der Waals surface area contributed by atoms with Crippen molar-refractivity contribution in [2.75, 3.05) is 5.32 Å². The maximum Gasteiger partial charge on any atom is 0.259 e. The van der Waals surface area contributed by atoms with Crippen molar-refractivity contribution in [2.45, 2.75) is 38.0 Å². The molecule has 0 aliphatic rings. The number of Topliss-reactive ketones (excluding diaryl/α,β-unsaturated/α-hetero) is 1. The number of amides is 1. The largest absolute Gasteiger partial charge is 0.457 e. The van der Waals surface area contributed by atoms with Crippen LogP contribution in [0.25, 0.3) is 0 Å². The molecule has 0 aliphatic carbocycles. The molecule has 0 heterocycles. The molecule has 3 rings (SSSR count). The molecule has 33 heavy (non-hydrogen) atoms. The number of benzene rings is 3. The molecule has 7 nitrogen and oxygen atoms in total. The summed E-state index contributed by atoms with van der Waals surface area (Å²) >= 11 is 0. The summed E-state index contributed by atoms with van der Waals surface area (Å²) in [4.78, 5) is 24.5. The minimum Gasteiger partial charge on any atom is -0.457 e. The predicted octanol–water partition coefficient (Wildman–Crippen LogP) is 4.88. The summed E-state index contributed by atoms with van der Waals surface area (Å²) in [6.45, 7) is 7.63. The number of hydrogen-bond donors (Lipinski definition) is 2. The third-order valence-electron chi connectivity index (χ3n) is 5.00. The lowest BCUT2D eigenvalue weighted by Gasteiger charge is -2.21. The molecule has 8 heteroatoms. The van der Waals surface area contributed by atoms with Crippen molar-refractivity contribution < 1.29 is 22.7 Å². The standard InChI is InChI=1S/C25H26N2O5S/c1-16(28)17-8-11-20(12-9-17)32-23-14-18(25(2,3)4)10-13-22(23)24(29)27-19-6-5-7-21(15-19)33(26,30)31/h5-15H,1-4H3,(H,27,29)(H2,26,30,31). The first-order valence-corrected chi connectivity index (χ1v) is 11.8. The van der Waals surface area contributed by atoms with Gasteiger partial charge in [0.1, 0.15) is 11.5 Å². The molecule has 3 aromatic rings. The van der Waals surface area contributed by atoms with Gasteiger partial charge in [0.15, 0.2) is 5.78 Å². The number of ketones is 1. The van der Waals surface area contributed by atoms with Crippen LogP contribution in [0.3, 0.4) is 0 Å². The van der Waals surface area contributed by atoms with Crippen LogP contribution in [0, 0.1) is 0 Å². The van der Waals surface area contributed by atoms with Crippen LogP contribution in [0.4, 0.5) is 5.69 Å². The van der Waals surface area contributed by atoms with E-state index in [1.54, 1.807) is 42.5 Å². The van der Waals surface area contributed by atoms with E-state index in [-0.39, 0.29) is 27.3 Å². The zero-order valence-electron chi connectivity index (χ0n) is 18.9.